The molecule has 0 aliphatic carbocycles. The Labute approximate surface area is 119 Å². The molecule has 1 fully saturated rings. The standard InChI is InChI=1S/C16H20N4/c1-12-7-9-20(10-8-12)16-6-5-15(18-19-16)13-3-2-4-14(17)11-13/h2-6,11-12H,7-10,17H2,1H3. The van der Waals surface area contributed by atoms with Gasteiger partial charge in [-0.1, -0.05) is 19.1 Å². The highest BCUT2D eigenvalue weighted by Crippen LogP contribution is 2.23. The third-order valence-electron chi connectivity index (χ3n) is 3.94. The van der Waals surface area contributed by atoms with E-state index in [2.05, 4.69) is 28.1 Å². The molecule has 0 unspecified atom stereocenters. The van der Waals surface area contributed by atoms with Gasteiger partial charge in [0.05, 0.1) is 5.69 Å². The maximum absolute atomic E-state index is 5.80. The zero-order chi connectivity index (χ0) is 13.9. The monoisotopic (exact) mass is 268 g/mol. The first-order valence-corrected chi connectivity index (χ1v) is 7.17. The Balaban J connectivity index is 1.78. The van der Waals surface area contributed by atoms with Crippen LogP contribution in [0.15, 0.2) is 36.4 Å². The third-order valence-corrected chi connectivity index (χ3v) is 3.94. The Bertz CT molecular complexity index is 571. The lowest BCUT2D eigenvalue weighted by atomic mass is 9.99. The number of hydrogen-bond donors (Lipinski definition) is 1. The Hall–Kier alpha value is -2.10. The lowest BCUT2D eigenvalue weighted by molar-refractivity contribution is 0.436. The van der Waals surface area contributed by atoms with Gasteiger partial charge in [0.25, 0.3) is 0 Å². The maximum atomic E-state index is 5.80. The first-order valence-electron chi connectivity index (χ1n) is 7.17. The van der Waals surface area contributed by atoms with Gasteiger partial charge in [0.2, 0.25) is 0 Å². The zero-order valence-electron chi connectivity index (χ0n) is 11.8. The predicted molar refractivity (Wildman–Crippen MR) is 82.5 cm³/mol. The molecule has 0 saturated carbocycles. The number of benzene rings is 1. The van der Waals surface area contributed by atoms with E-state index in [1.54, 1.807) is 0 Å². The summed E-state index contributed by atoms with van der Waals surface area (Å²) in [5.41, 5.74) is 8.43. The number of nitrogen functional groups attached to an aromatic ring is 1. The highest BCUT2D eigenvalue weighted by Gasteiger charge is 2.17. The van der Waals surface area contributed by atoms with Crippen LogP contribution in [0.4, 0.5) is 11.5 Å². The molecule has 0 spiro atoms. The average Bonchev–Trinajstić information content (AvgIpc) is 2.48. The smallest absolute Gasteiger partial charge is 0.151 e. The number of aromatic nitrogens is 2. The maximum Gasteiger partial charge on any atom is 0.151 e. The van der Waals surface area contributed by atoms with E-state index in [4.69, 9.17) is 5.73 Å². The molecule has 1 aromatic heterocycles. The van der Waals surface area contributed by atoms with Gasteiger partial charge in [0.1, 0.15) is 0 Å². The van der Waals surface area contributed by atoms with E-state index in [9.17, 15) is 0 Å². The molecule has 1 aliphatic rings. The van der Waals surface area contributed by atoms with Crippen LogP contribution in [0.3, 0.4) is 0 Å². The summed E-state index contributed by atoms with van der Waals surface area (Å²) in [6, 6.07) is 11.8. The van der Waals surface area contributed by atoms with Gasteiger partial charge in [-0.3, -0.25) is 0 Å². The first-order chi connectivity index (χ1) is 9.72. The fraction of sp³-hybridized carbons (Fsp3) is 0.375. The second-order valence-corrected chi connectivity index (χ2v) is 5.57. The molecule has 3 rings (SSSR count). The lowest BCUT2D eigenvalue weighted by Gasteiger charge is -2.30. The summed E-state index contributed by atoms with van der Waals surface area (Å²) < 4.78 is 0. The first kappa shape index (κ1) is 12.9. The molecular formula is C16H20N4. The van der Waals surface area contributed by atoms with Gasteiger partial charge < -0.3 is 10.6 Å². The quantitative estimate of drug-likeness (QED) is 0.851. The van der Waals surface area contributed by atoms with Crippen molar-refractivity contribution < 1.29 is 0 Å². The fourth-order valence-electron chi connectivity index (χ4n) is 2.58. The summed E-state index contributed by atoms with van der Waals surface area (Å²) in [5.74, 6) is 1.80. The van der Waals surface area contributed by atoms with Crippen molar-refractivity contribution in [2.75, 3.05) is 23.7 Å². The van der Waals surface area contributed by atoms with Crippen molar-refractivity contribution in [2.45, 2.75) is 19.8 Å². The minimum Gasteiger partial charge on any atom is -0.399 e. The molecule has 104 valence electrons. The fourth-order valence-corrected chi connectivity index (χ4v) is 2.58. The molecule has 20 heavy (non-hydrogen) atoms. The van der Waals surface area contributed by atoms with Crippen LogP contribution in [-0.2, 0) is 0 Å². The van der Waals surface area contributed by atoms with Gasteiger partial charge in [-0.05, 0) is 43.0 Å². The molecule has 0 bridgehead atoms. The molecule has 1 aliphatic heterocycles. The lowest BCUT2D eigenvalue weighted by Crippen LogP contribution is -2.33. The molecule has 0 atom stereocenters. The minimum atomic E-state index is 0.749. The topological polar surface area (TPSA) is 55.0 Å². The van der Waals surface area contributed by atoms with Crippen molar-refractivity contribution >= 4 is 11.5 Å². The van der Waals surface area contributed by atoms with E-state index in [-0.39, 0.29) is 0 Å². The van der Waals surface area contributed by atoms with Gasteiger partial charge >= 0.3 is 0 Å². The van der Waals surface area contributed by atoms with Crippen LogP contribution < -0.4 is 10.6 Å². The highest BCUT2D eigenvalue weighted by atomic mass is 15.3. The van der Waals surface area contributed by atoms with E-state index < -0.39 is 0 Å². The number of anilines is 2. The summed E-state index contributed by atoms with van der Waals surface area (Å²) in [6.07, 6.45) is 2.47. The highest BCUT2D eigenvalue weighted by molar-refractivity contribution is 5.64. The number of rotatable bonds is 2. The van der Waals surface area contributed by atoms with Crippen molar-refractivity contribution in [3.8, 4) is 11.3 Å². The van der Waals surface area contributed by atoms with E-state index in [1.807, 2.05) is 30.3 Å². The van der Waals surface area contributed by atoms with Gasteiger partial charge in [-0.15, -0.1) is 10.2 Å². The van der Waals surface area contributed by atoms with Crippen molar-refractivity contribution in [2.24, 2.45) is 5.92 Å². The second kappa shape index (κ2) is 5.49. The predicted octanol–water partition coefficient (Wildman–Crippen LogP) is 2.96. The van der Waals surface area contributed by atoms with E-state index in [0.29, 0.717) is 0 Å². The molecule has 0 amide bonds. The summed E-state index contributed by atoms with van der Waals surface area (Å²) in [5, 5.41) is 8.71. The largest absolute Gasteiger partial charge is 0.399 e. The van der Waals surface area contributed by atoms with Crippen molar-refractivity contribution in [1.29, 1.82) is 0 Å². The Morgan fingerprint density at radius 3 is 2.55 bits per heavy atom. The molecular weight excluding hydrogens is 248 g/mol. The number of nitrogens with two attached hydrogens (primary N) is 1. The summed E-state index contributed by atoms with van der Waals surface area (Å²) in [6.45, 7) is 4.47. The van der Waals surface area contributed by atoms with Crippen LogP contribution in [0.25, 0.3) is 11.3 Å². The molecule has 4 heteroatoms. The molecule has 1 aromatic carbocycles. The van der Waals surface area contributed by atoms with E-state index in [1.165, 1.54) is 12.8 Å². The Kier molecular flexibility index (Phi) is 3.54. The number of hydrogen-bond acceptors (Lipinski definition) is 4. The van der Waals surface area contributed by atoms with Gasteiger partial charge in [0.15, 0.2) is 5.82 Å². The van der Waals surface area contributed by atoms with Gasteiger partial charge in [-0.2, -0.15) is 0 Å². The average molecular weight is 268 g/mol. The molecule has 1 saturated heterocycles. The van der Waals surface area contributed by atoms with Crippen molar-refractivity contribution in [3.63, 3.8) is 0 Å². The van der Waals surface area contributed by atoms with Crippen LogP contribution in [0.1, 0.15) is 19.8 Å². The minimum absolute atomic E-state index is 0.749. The van der Waals surface area contributed by atoms with Gasteiger partial charge in [-0.25, -0.2) is 0 Å². The molecule has 4 nitrogen and oxygen atoms in total. The Morgan fingerprint density at radius 1 is 1.10 bits per heavy atom. The van der Waals surface area contributed by atoms with Crippen molar-refractivity contribution in [3.05, 3.63) is 36.4 Å². The van der Waals surface area contributed by atoms with Crippen LogP contribution in [0.2, 0.25) is 0 Å². The normalized spacial score (nSPS) is 16.4. The van der Waals surface area contributed by atoms with Crippen LogP contribution >= 0.6 is 0 Å². The number of piperidine rings is 1. The second-order valence-electron chi connectivity index (χ2n) is 5.57. The Morgan fingerprint density at radius 2 is 1.90 bits per heavy atom. The van der Waals surface area contributed by atoms with Crippen molar-refractivity contribution in [1.82, 2.24) is 10.2 Å². The van der Waals surface area contributed by atoms with Gasteiger partial charge in [0, 0.05) is 24.3 Å². The molecule has 0 radical (unpaired) electrons. The van der Waals surface area contributed by atoms with Crippen LogP contribution in [0, 0.1) is 5.92 Å². The zero-order valence-corrected chi connectivity index (χ0v) is 11.8. The van der Waals surface area contributed by atoms with E-state index in [0.717, 1.165) is 41.8 Å². The third kappa shape index (κ3) is 2.74. The van der Waals surface area contributed by atoms with E-state index >= 15 is 0 Å². The SMILES string of the molecule is CC1CCN(c2ccc(-c3cccc(N)c3)nn2)CC1. The molecule has 2 aromatic rings. The summed E-state index contributed by atoms with van der Waals surface area (Å²) >= 11 is 0. The molecule has 2 N–H and O–H groups in total. The van der Waals surface area contributed by atoms with Crippen LogP contribution in [-0.4, -0.2) is 23.3 Å². The summed E-state index contributed by atoms with van der Waals surface area (Å²) in [4.78, 5) is 2.32. The molecule has 2 heterocycles. The number of nitrogens with zero attached hydrogens (tertiary/aromatic N) is 3. The van der Waals surface area contributed by atoms with Crippen LogP contribution in [0.5, 0.6) is 0 Å². The summed E-state index contributed by atoms with van der Waals surface area (Å²) in [7, 11) is 0.